The fourth-order valence-corrected chi connectivity index (χ4v) is 6.71. The van der Waals surface area contributed by atoms with Gasteiger partial charge in [-0.2, -0.15) is 0 Å². The number of para-hydroxylation sites is 2. The topological polar surface area (TPSA) is 9.86 Å². The normalized spacial score (nSPS) is 16.2. The Kier molecular flexibility index (Phi) is 3.21. The van der Waals surface area contributed by atoms with E-state index in [9.17, 15) is 5.48 Å². The number of hydrogen-bond acceptors (Lipinski definition) is 0. The van der Waals surface area contributed by atoms with Crippen molar-refractivity contribution >= 4 is 65.2 Å². The zero-order valence-electron chi connectivity index (χ0n) is 38.0. The number of benzene rings is 8. The highest BCUT2D eigenvalue weighted by atomic mass is 15.0. The predicted octanol–water partition coefficient (Wildman–Crippen LogP) is 11.9. The molecule has 0 aliphatic rings. The molecule has 0 aliphatic carbocycles. The van der Waals surface area contributed by atoms with Gasteiger partial charge in [-0.15, -0.1) is 0 Å². The van der Waals surface area contributed by atoms with Crippen LogP contribution >= 0.6 is 0 Å². The van der Waals surface area contributed by atoms with Crippen LogP contribution in [0.3, 0.4) is 0 Å². The van der Waals surface area contributed by atoms with E-state index in [2.05, 4.69) is 0 Å². The number of fused-ring (bicyclic) bond motifs is 9. The number of aromatic nitrogens is 2. The number of nitrogens with zero attached hydrogens (tertiary/aromatic N) is 2. The summed E-state index contributed by atoms with van der Waals surface area (Å²) in [6, 6.07) is 18.8. The van der Waals surface area contributed by atoms with Gasteiger partial charge in [0.15, 0.2) is 0 Å². The van der Waals surface area contributed by atoms with Crippen LogP contribution in [0, 0.1) is 0 Å². The Morgan fingerprint density at radius 1 is 0.391 bits per heavy atom. The van der Waals surface area contributed by atoms with E-state index >= 15 is 0 Å². The minimum absolute atomic E-state index is 0.0229. The van der Waals surface area contributed by atoms with Gasteiger partial charge in [-0.25, -0.2) is 0 Å². The molecule has 0 saturated heterocycles. The molecule has 0 fully saturated rings. The van der Waals surface area contributed by atoms with Crippen LogP contribution < -0.4 is 0 Å². The summed E-state index contributed by atoms with van der Waals surface area (Å²) in [6.45, 7) is 0. The Labute approximate surface area is 285 Å². The fraction of sp³-hybridized carbons (Fsp3) is 0. The summed E-state index contributed by atoms with van der Waals surface area (Å²) in [4.78, 5) is 0. The quantitative estimate of drug-likeness (QED) is 0.191. The monoisotopic (exact) mass is 598 g/mol. The van der Waals surface area contributed by atoms with Gasteiger partial charge in [-0.05, 0) is 81.1 Å². The highest BCUT2D eigenvalue weighted by Crippen LogP contribution is 2.42. The van der Waals surface area contributed by atoms with Gasteiger partial charge in [0.1, 0.15) is 0 Å². The maximum atomic E-state index is 9.51. The van der Waals surface area contributed by atoms with Crippen molar-refractivity contribution in [1.82, 2.24) is 9.13 Å². The third kappa shape index (κ3) is 3.59. The number of rotatable bonds is 3. The molecule has 8 aromatic carbocycles. The Morgan fingerprint density at radius 3 is 2.00 bits per heavy atom. The molecular formula is C44H28N2. The predicted molar refractivity (Wildman–Crippen MR) is 196 cm³/mol. The molecule has 46 heavy (non-hydrogen) atoms. The molecule has 2 heterocycles. The van der Waals surface area contributed by atoms with E-state index in [0.717, 1.165) is 26.9 Å². The summed E-state index contributed by atoms with van der Waals surface area (Å²) >= 11 is 0. The minimum Gasteiger partial charge on any atom is -0.309 e. The van der Waals surface area contributed by atoms with Gasteiger partial charge in [0.25, 0.3) is 0 Å². The standard InChI is InChI=1S/C44H28N2/c1-2-14-32(15-3-1)46-41-26-23-30-12-5-7-17-36(30)44(41)39-27-38-37-18-8-9-20-40(37)45(42(38)28-43(39)46)33-24-21-31(22-25-33)35-19-10-13-29-11-4-6-16-34(29)35/h1-28H/i1D,4D,6D,10D,11D,13D,14D,15D,16D,19D,21D,22D,24D,25D. The van der Waals surface area contributed by atoms with Crippen molar-refractivity contribution in [2.75, 3.05) is 0 Å². The minimum atomic E-state index is -0.693. The lowest BCUT2D eigenvalue weighted by Gasteiger charge is -2.12. The summed E-state index contributed by atoms with van der Waals surface area (Å²) in [6.07, 6.45) is 0. The van der Waals surface area contributed by atoms with Crippen molar-refractivity contribution in [3.8, 4) is 22.5 Å². The Balaban J connectivity index is 1.36. The number of hydrogen-bond donors (Lipinski definition) is 0. The second-order valence-corrected chi connectivity index (χ2v) is 11.1. The maximum Gasteiger partial charge on any atom is 0.0645 e. The van der Waals surface area contributed by atoms with E-state index in [1.54, 1.807) is 16.7 Å². The molecule has 2 nitrogen and oxygen atoms in total. The first-order valence-electron chi connectivity index (χ1n) is 21.7. The van der Waals surface area contributed by atoms with E-state index in [4.69, 9.17) is 13.7 Å². The van der Waals surface area contributed by atoms with Crippen LogP contribution in [0.2, 0.25) is 0 Å². The highest BCUT2D eigenvalue weighted by molar-refractivity contribution is 6.25. The van der Waals surface area contributed by atoms with Crippen molar-refractivity contribution in [2.45, 2.75) is 0 Å². The van der Waals surface area contributed by atoms with E-state index < -0.39 is 77.6 Å². The Morgan fingerprint density at radius 2 is 1.11 bits per heavy atom. The first-order chi connectivity index (χ1) is 28.6. The molecule has 214 valence electrons. The third-order valence-corrected chi connectivity index (χ3v) is 8.65. The first kappa shape index (κ1) is 15.2. The zero-order chi connectivity index (χ0) is 42.4. The van der Waals surface area contributed by atoms with Gasteiger partial charge in [0.05, 0.1) is 41.3 Å². The average molecular weight is 599 g/mol. The van der Waals surface area contributed by atoms with Gasteiger partial charge in [-0.1, -0.05) is 121 Å². The lowest BCUT2D eigenvalue weighted by atomic mass is 9.98. The van der Waals surface area contributed by atoms with Crippen LogP contribution in [0.5, 0.6) is 0 Å². The molecule has 10 aromatic rings. The summed E-state index contributed by atoms with van der Waals surface area (Å²) in [5.74, 6) is 0. The molecular weight excluding hydrogens is 556 g/mol. The fourth-order valence-electron chi connectivity index (χ4n) is 6.71. The second kappa shape index (κ2) is 9.69. The molecule has 0 aliphatic heterocycles. The SMILES string of the molecule is [2H]c1cc([2H])c(-n2c3cc4c(cc3c3c5ccccc5ccc32)c2ccccc2n4-c2c([2H])c([2H])c(-c3c([2H])c([2H])c([2H])c4c([2H])c([2H])c([2H])c([2H])c34)c([2H])c2[2H])c([2H])c1. The van der Waals surface area contributed by atoms with E-state index in [1.807, 2.05) is 65.2 Å². The van der Waals surface area contributed by atoms with Gasteiger partial charge >= 0.3 is 0 Å². The van der Waals surface area contributed by atoms with E-state index in [1.165, 1.54) is 12.1 Å². The van der Waals surface area contributed by atoms with Gasteiger partial charge in [0, 0.05) is 32.9 Å². The molecule has 0 amide bonds. The van der Waals surface area contributed by atoms with Gasteiger partial charge in [-0.3, -0.25) is 0 Å². The lowest BCUT2D eigenvalue weighted by Crippen LogP contribution is -1.96. The zero-order valence-corrected chi connectivity index (χ0v) is 24.0. The van der Waals surface area contributed by atoms with Crippen molar-refractivity contribution in [1.29, 1.82) is 0 Å². The molecule has 0 spiro atoms. The van der Waals surface area contributed by atoms with E-state index in [-0.39, 0.29) is 40.3 Å². The smallest absolute Gasteiger partial charge is 0.0645 e. The largest absolute Gasteiger partial charge is 0.309 e. The maximum absolute atomic E-state index is 9.51. The van der Waals surface area contributed by atoms with Crippen molar-refractivity contribution in [3.05, 3.63) is 170 Å². The average Bonchev–Trinajstić information content (AvgIpc) is 3.72. The van der Waals surface area contributed by atoms with Gasteiger partial charge in [0.2, 0.25) is 0 Å². The van der Waals surface area contributed by atoms with Crippen LogP contribution in [0.25, 0.3) is 87.7 Å². The van der Waals surface area contributed by atoms with Crippen LogP contribution in [-0.4, -0.2) is 9.13 Å². The van der Waals surface area contributed by atoms with E-state index in [0.29, 0.717) is 27.5 Å². The highest BCUT2D eigenvalue weighted by Gasteiger charge is 2.19. The summed E-state index contributed by atoms with van der Waals surface area (Å²) < 4.78 is 127. The first-order valence-corrected chi connectivity index (χ1v) is 14.7. The molecule has 0 unspecified atom stereocenters. The second-order valence-electron chi connectivity index (χ2n) is 11.1. The van der Waals surface area contributed by atoms with Crippen molar-refractivity contribution in [2.24, 2.45) is 0 Å². The summed E-state index contributed by atoms with van der Waals surface area (Å²) in [5.41, 5.74) is 1.58. The Hall–Kier alpha value is -6.12. The third-order valence-electron chi connectivity index (χ3n) is 8.65. The molecule has 0 N–H and O–H groups in total. The summed E-state index contributed by atoms with van der Waals surface area (Å²) in [5, 5.41) is 4.31. The lowest BCUT2D eigenvalue weighted by molar-refractivity contribution is 1.16. The molecule has 0 atom stereocenters. The van der Waals surface area contributed by atoms with Crippen molar-refractivity contribution < 1.29 is 19.2 Å². The van der Waals surface area contributed by atoms with Gasteiger partial charge < -0.3 is 9.13 Å². The molecule has 2 heteroatoms. The van der Waals surface area contributed by atoms with Crippen LogP contribution in [0.15, 0.2) is 170 Å². The molecule has 2 aromatic heterocycles. The van der Waals surface area contributed by atoms with Crippen LogP contribution in [0.4, 0.5) is 0 Å². The molecule has 10 rings (SSSR count). The Bertz CT molecular complexity index is 3550. The van der Waals surface area contributed by atoms with Crippen molar-refractivity contribution in [3.63, 3.8) is 0 Å². The summed E-state index contributed by atoms with van der Waals surface area (Å²) in [7, 11) is 0. The van der Waals surface area contributed by atoms with Crippen LogP contribution in [0.1, 0.15) is 19.2 Å². The molecule has 0 radical (unpaired) electrons. The molecule has 0 bridgehead atoms. The van der Waals surface area contributed by atoms with Crippen LogP contribution in [-0.2, 0) is 0 Å². The molecule has 0 saturated carbocycles.